The Morgan fingerprint density at radius 2 is 1.90 bits per heavy atom. The smallest absolute Gasteiger partial charge is 0.154 e. The van der Waals surface area contributed by atoms with Gasteiger partial charge >= 0.3 is 0 Å². The second kappa shape index (κ2) is 4.89. The minimum atomic E-state index is -0.116. The van der Waals surface area contributed by atoms with Gasteiger partial charge in [0, 0.05) is 24.5 Å². The van der Waals surface area contributed by atoms with Crippen molar-refractivity contribution in [2.45, 2.75) is 13.0 Å². The number of benzene rings is 2. The quantitative estimate of drug-likeness (QED) is 0.807. The van der Waals surface area contributed by atoms with E-state index in [9.17, 15) is 0 Å². The first-order chi connectivity index (χ1) is 9.65. The molecule has 4 heteroatoms. The molecule has 0 saturated carbocycles. The number of hydrogen-bond acceptors (Lipinski definition) is 4. The fourth-order valence-corrected chi connectivity index (χ4v) is 2.31. The highest BCUT2D eigenvalue weighted by Gasteiger charge is 2.24. The van der Waals surface area contributed by atoms with E-state index in [0.717, 1.165) is 23.0 Å². The number of nitrogens with two attached hydrogens (primary N) is 1. The third kappa shape index (κ3) is 2.20. The van der Waals surface area contributed by atoms with Gasteiger partial charge in [0.05, 0.1) is 0 Å². The molecule has 0 aromatic heterocycles. The maximum atomic E-state index is 5.92. The highest BCUT2D eigenvalue weighted by atomic mass is 16.5. The standard InChI is InChI=1S/C16H17N3O/c1-11-16(19(2)13-6-4-3-5-7-13)18-14-9-8-12(17)10-15(14)20-11/h3-11H,17H2,1-2H3. The van der Waals surface area contributed by atoms with Crippen molar-refractivity contribution in [2.24, 2.45) is 4.99 Å². The first-order valence-corrected chi connectivity index (χ1v) is 6.58. The van der Waals surface area contributed by atoms with Crippen LogP contribution in [-0.2, 0) is 0 Å². The van der Waals surface area contributed by atoms with Gasteiger partial charge in [-0.15, -0.1) is 0 Å². The Morgan fingerprint density at radius 3 is 2.65 bits per heavy atom. The molecular formula is C16H17N3O. The van der Waals surface area contributed by atoms with Gasteiger partial charge < -0.3 is 15.4 Å². The Balaban J connectivity index is 1.99. The molecule has 1 atom stereocenters. The third-order valence-electron chi connectivity index (χ3n) is 3.37. The lowest BCUT2D eigenvalue weighted by Gasteiger charge is -2.30. The fraction of sp³-hybridized carbons (Fsp3) is 0.188. The van der Waals surface area contributed by atoms with E-state index < -0.39 is 0 Å². The SMILES string of the molecule is CC1Oc2cc(N)ccc2N=C1N(C)c1ccccc1. The van der Waals surface area contributed by atoms with Gasteiger partial charge in [-0.25, -0.2) is 4.99 Å². The van der Waals surface area contributed by atoms with Crippen molar-refractivity contribution in [1.29, 1.82) is 0 Å². The summed E-state index contributed by atoms with van der Waals surface area (Å²) in [5.41, 5.74) is 8.36. The van der Waals surface area contributed by atoms with Gasteiger partial charge in [-0.2, -0.15) is 0 Å². The molecule has 1 unspecified atom stereocenters. The summed E-state index contributed by atoms with van der Waals surface area (Å²) in [5, 5.41) is 0. The fourth-order valence-electron chi connectivity index (χ4n) is 2.31. The zero-order chi connectivity index (χ0) is 14.1. The van der Waals surface area contributed by atoms with E-state index in [4.69, 9.17) is 15.5 Å². The molecule has 102 valence electrons. The minimum absolute atomic E-state index is 0.116. The van der Waals surface area contributed by atoms with Crippen molar-refractivity contribution in [3.8, 4) is 5.75 Å². The summed E-state index contributed by atoms with van der Waals surface area (Å²) in [6.07, 6.45) is -0.116. The summed E-state index contributed by atoms with van der Waals surface area (Å²) in [6.45, 7) is 1.99. The molecule has 4 nitrogen and oxygen atoms in total. The van der Waals surface area contributed by atoms with Crippen LogP contribution >= 0.6 is 0 Å². The number of hydrogen-bond donors (Lipinski definition) is 1. The first-order valence-electron chi connectivity index (χ1n) is 6.58. The lowest BCUT2D eigenvalue weighted by Crippen LogP contribution is -2.39. The number of fused-ring (bicyclic) bond motifs is 1. The normalized spacial score (nSPS) is 16.9. The van der Waals surface area contributed by atoms with E-state index in [2.05, 4.69) is 0 Å². The number of nitrogens with zero attached hydrogens (tertiary/aromatic N) is 2. The first kappa shape index (κ1) is 12.5. The highest BCUT2D eigenvalue weighted by Crippen LogP contribution is 2.35. The number of likely N-dealkylation sites (N-methyl/N-ethyl adjacent to an activating group) is 1. The number of aliphatic imine (C=N–C) groups is 1. The van der Waals surface area contributed by atoms with Crippen molar-refractivity contribution in [2.75, 3.05) is 17.7 Å². The molecule has 20 heavy (non-hydrogen) atoms. The van der Waals surface area contributed by atoms with E-state index >= 15 is 0 Å². The number of nitrogen functional groups attached to an aromatic ring is 1. The molecule has 1 heterocycles. The molecule has 1 aliphatic heterocycles. The number of amidine groups is 1. The van der Waals surface area contributed by atoms with Gasteiger partial charge in [0.1, 0.15) is 11.4 Å². The van der Waals surface area contributed by atoms with Crippen LogP contribution in [0.4, 0.5) is 17.1 Å². The average molecular weight is 267 g/mol. The largest absolute Gasteiger partial charge is 0.480 e. The van der Waals surface area contributed by atoms with E-state index in [1.807, 2.05) is 67.4 Å². The zero-order valence-corrected chi connectivity index (χ0v) is 11.6. The Kier molecular flexibility index (Phi) is 3.06. The van der Waals surface area contributed by atoms with Crippen LogP contribution in [0, 0.1) is 0 Å². The van der Waals surface area contributed by atoms with Crippen molar-refractivity contribution in [3.63, 3.8) is 0 Å². The van der Waals surface area contributed by atoms with E-state index in [1.54, 1.807) is 0 Å². The highest BCUT2D eigenvalue weighted by molar-refractivity contribution is 6.03. The van der Waals surface area contributed by atoms with Crippen LogP contribution < -0.4 is 15.4 Å². The molecule has 1 aliphatic rings. The summed E-state index contributed by atoms with van der Waals surface area (Å²) in [5.74, 6) is 1.62. The monoisotopic (exact) mass is 267 g/mol. The van der Waals surface area contributed by atoms with Crippen LogP contribution in [0.15, 0.2) is 53.5 Å². The molecule has 3 rings (SSSR count). The molecular weight excluding hydrogens is 250 g/mol. The Bertz CT molecular complexity index is 652. The van der Waals surface area contributed by atoms with Crippen molar-refractivity contribution < 1.29 is 4.74 Å². The minimum Gasteiger partial charge on any atom is -0.480 e. The van der Waals surface area contributed by atoms with Crippen LogP contribution in [0.3, 0.4) is 0 Å². The Hall–Kier alpha value is -2.49. The number of anilines is 2. The number of rotatable bonds is 1. The molecule has 0 amide bonds. The van der Waals surface area contributed by atoms with Gasteiger partial charge in [-0.05, 0) is 31.2 Å². The van der Waals surface area contributed by atoms with E-state index in [0.29, 0.717) is 5.69 Å². The van der Waals surface area contributed by atoms with Gasteiger partial charge in [0.2, 0.25) is 0 Å². The summed E-state index contributed by atoms with van der Waals surface area (Å²) in [4.78, 5) is 6.75. The topological polar surface area (TPSA) is 50.9 Å². The van der Waals surface area contributed by atoms with Gasteiger partial charge in [0.25, 0.3) is 0 Å². The van der Waals surface area contributed by atoms with Crippen LogP contribution in [0.25, 0.3) is 0 Å². The van der Waals surface area contributed by atoms with Gasteiger partial charge in [-0.1, -0.05) is 18.2 Å². The van der Waals surface area contributed by atoms with Crippen molar-refractivity contribution >= 4 is 22.9 Å². The lowest BCUT2D eigenvalue weighted by molar-refractivity contribution is 0.281. The van der Waals surface area contributed by atoms with Crippen LogP contribution in [0.5, 0.6) is 5.75 Å². The van der Waals surface area contributed by atoms with Crippen LogP contribution in [0.1, 0.15) is 6.92 Å². The summed E-state index contributed by atoms with van der Waals surface area (Å²) in [6, 6.07) is 15.6. The Labute approximate surface area is 118 Å². The van der Waals surface area contributed by atoms with Crippen LogP contribution in [-0.4, -0.2) is 19.0 Å². The average Bonchev–Trinajstić information content (AvgIpc) is 2.46. The van der Waals surface area contributed by atoms with Gasteiger partial charge in [0.15, 0.2) is 11.9 Å². The number of ether oxygens (including phenoxy) is 1. The van der Waals surface area contributed by atoms with Crippen molar-refractivity contribution in [1.82, 2.24) is 0 Å². The van der Waals surface area contributed by atoms with Gasteiger partial charge in [-0.3, -0.25) is 0 Å². The van der Waals surface area contributed by atoms with Crippen molar-refractivity contribution in [3.05, 3.63) is 48.5 Å². The summed E-state index contributed by atoms with van der Waals surface area (Å²) < 4.78 is 5.92. The predicted octanol–water partition coefficient (Wildman–Crippen LogP) is 3.22. The van der Waals surface area contributed by atoms with E-state index in [-0.39, 0.29) is 6.10 Å². The Morgan fingerprint density at radius 1 is 1.15 bits per heavy atom. The summed E-state index contributed by atoms with van der Waals surface area (Å²) in [7, 11) is 2.00. The molecule has 2 aromatic rings. The molecule has 0 saturated heterocycles. The molecule has 2 N–H and O–H groups in total. The third-order valence-corrected chi connectivity index (χ3v) is 3.37. The molecule has 0 radical (unpaired) electrons. The van der Waals surface area contributed by atoms with Crippen LogP contribution in [0.2, 0.25) is 0 Å². The molecule has 0 fully saturated rings. The molecule has 2 aromatic carbocycles. The summed E-state index contributed by atoms with van der Waals surface area (Å²) >= 11 is 0. The zero-order valence-electron chi connectivity index (χ0n) is 11.6. The lowest BCUT2D eigenvalue weighted by atomic mass is 10.2. The second-order valence-electron chi connectivity index (χ2n) is 4.85. The number of para-hydroxylation sites is 1. The predicted molar refractivity (Wildman–Crippen MR) is 82.9 cm³/mol. The molecule has 0 aliphatic carbocycles. The second-order valence-corrected chi connectivity index (χ2v) is 4.85. The maximum Gasteiger partial charge on any atom is 0.154 e. The van der Waals surface area contributed by atoms with E-state index in [1.165, 1.54) is 0 Å². The molecule has 0 bridgehead atoms. The maximum absolute atomic E-state index is 5.92. The molecule has 0 spiro atoms.